The van der Waals surface area contributed by atoms with Gasteiger partial charge in [-0.1, -0.05) is 112 Å². The topological polar surface area (TPSA) is 678 Å². The highest BCUT2D eigenvalue weighted by Crippen LogP contribution is 2.18. The molecule has 29 N–H and O–H groups in total. The van der Waals surface area contributed by atoms with Gasteiger partial charge in [0, 0.05) is 50.7 Å². The second-order valence-corrected chi connectivity index (χ2v) is 32.8. The van der Waals surface area contributed by atoms with Crippen LogP contribution in [0.5, 0.6) is 5.75 Å². The molecule has 41 nitrogen and oxygen atoms in total. The molecule has 41 heteroatoms. The molecule has 1 aromatic heterocycles. The van der Waals surface area contributed by atoms with Gasteiger partial charge in [0.05, 0.1) is 12.4 Å². The summed E-state index contributed by atoms with van der Waals surface area (Å²) in [5, 5.41) is 84.3. The van der Waals surface area contributed by atoms with Crippen molar-refractivity contribution >= 4 is 101 Å². The lowest BCUT2D eigenvalue weighted by molar-refractivity contribution is -0.142. The predicted molar refractivity (Wildman–Crippen MR) is 457 cm³/mol. The van der Waals surface area contributed by atoms with Gasteiger partial charge in [0.2, 0.25) is 76.8 Å². The number of rotatable bonds is 57. The van der Waals surface area contributed by atoms with Crippen LogP contribution in [0.2, 0.25) is 0 Å². The Morgan fingerprint density at radius 2 is 0.748 bits per heavy atom. The van der Waals surface area contributed by atoms with Gasteiger partial charge in [-0.3, -0.25) is 77.9 Å². The number of carbonyl (C=O) groups excluding carboxylic acids is 13. The maximum atomic E-state index is 15.1. The molecule has 684 valence electrons. The van der Waals surface area contributed by atoms with E-state index in [1.54, 1.807) is 99.6 Å². The number of nitrogens with two attached hydrogens (primary N) is 4. The predicted octanol–water partition coefficient (Wildman–Crippen LogP) is -1.74. The van der Waals surface area contributed by atoms with Gasteiger partial charge in [-0.15, -0.1) is 0 Å². The van der Waals surface area contributed by atoms with Crippen molar-refractivity contribution in [2.24, 2.45) is 52.5 Å². The number of aromatic hydroxyl groups is 1. The van der Waals surface area contributed by atoms with Crippen molar-refractivity contribution in [3.63, 3.8) is 0 Å². The van der Waals surface area contributed by atoms with E-state index < -0.39 is 186 Å². The van der Waals surface area contributed by atoms with Gasteiger partial charge in [0.15, 0.2) is 11.9 Å². The number of phenols is 1. The number of nitrogens with one attached hydrogen (secondary N) is 18. The number of amides is 13. The molecule has 123 heavy (non-hydrogen) atoms. The number of carboxylic acid groups (broad SMARTS) is 2. The molecule has 0 bridgehead atoms. The summed E-state index contributed by atoms with van der Waals surface area (Å²) in [5.41, 5.74) is 23.8. The molecule has 0 fully saturated rings. The quantitative estimate of drug-likeness (QED) is 0.0169. The Bertz CT molecular complexity index is 3960. The maximum Gasteiger partial charge on any atom is 0.326 e. The van der Waals surface area contributed by atoms with E-state index in [2.05, 4.69) is 89.7 Å². The molecule has 0 saturated carbocycles. The van der Waals surface area contributed by atoms with Crippen molar-refractivity contribution in [3.05, 3.63) is 83.9 Å². The van der Waals surface area contributed by atoms with Crippen LogP contribution in [0.4, 0.5) is 0 Å². The standard InChI is InChI=1S/C82H133N23O18/c1-43(2)34-58(72(114)95-54(22-16-17-31-83)70(112)102-63(39-51-25-27-53(106)28-26-51)75(117)96-55(23-18-32-90-81(85)86)69(111)93-49(12)68(110)97-57(80(122)123)24-19-33-91-82(87)88)99-73(115)59(35-44(3)4)100-74(116)60(36-45(5)6)101-76(118)62(38-50-20-14-13-15-21-50)103-77(119)64(40-52-41-89-42-92-52)104-79(121)66(47(9)10)105-78(120)61(37-46(7)8)98-71(113)56(29-30-65(107)108)94-67(109)48(11)84/h13-15,20-21,25-28,41-49,54-64,66,106H,16-19,22-24,29-40,83-84H2,1-12H3,(H,89,92)(H,93,111)(H,94,109)(H,95,114)(H,96,117)(H,97,110)(H,98,113)(H,99,115)(H,100,116)(H,101,118)(H,102,112)(H,103,119)(H,104,121)(H,105,120)(H,107,108)(H,122,123)(H4,85,86,90)(H4,87,88,91)/t48-,49-,54-,55-,56-,57-,58-,59-,60-,61-,62-,63-,64-,66-/m0/s1. The molecule has 0 unspecified atom stereocenters. The second kappa shape index (κ2) is 54.4. The molecule has 3 aromatic rings. The average molecular weight is 1730 g/mol. The molecule has 0 aliphatic heterocycles. The van der Waals surface area contributed by atoms with Crippen LogP contribution in [0.3, 0.4) is 0 Å². The van der Waals surface area contributed by atoms with Crippen LogP contribution in [0.1, 0.15) is 183 Å². The second-order valence-electron chi connectivity index (χ2n) is 32.8. The SMILES string of the molecule is CC(C)C[C@H](NC(=O)[C@H](CC(C)C)NC(=O)[C@H](CC(C)C)NC(=O)[C@H](Cc1ccccc1)NC(=O)[C@H](Cc1cnc[nH]1)NC(=O)[C@@H](NC(=O)[C@H](CC(C)C)NC(=O)[C@H](CCC(=O)O)NC(=O)[C@H](C)N)C(C)C)C(=O)N[C@@H](CCCCN)C(=O)N[C@@H](Cc1ccc(O)cc1)C(=O)N[C@@H](CCCNC(=N)N)C(=O)N[C@@H](C)C(=O)N[C@@H](CCCNC(=N)N)C(=O)O. The average Bonchev–Trinajstić information content (AvgIpc) is 1.30. The summed E-state index contributed by atoms with van der Waals surface area (Å²) in [4.78, 5) is 218. The number of carbonyl (C=O) groups is 15. The number of nitrogens with zero attached hydrogens (tertiary/aromatic N) is 1. The Labute approximate surface area is 717 Å². The van der Waals surface area contributed by atoms with Crippen LogP contribution in [0, 0.1) is 40.4 Å². The lowest BCUT2D eigenvalue weighted by atomic mass is 9.98. The molecule has 1 heterocycles. The van der Waals surface area contributed by atoms with Gasteiger partial charge in [-0.2, -0.15) is 0 Å². The van der Waals surface area contributed by atoms with E-state index in [4.69, 9.17) is 33.8 Å². The zero-order valence-electron chi connectivity index (χ0n) is 72.5. The minimum Gasteiger partial charge on any atom is -0.508 e. The fourth-order valence-electron chi connectivity index (χ4n) is 12.9. The zero-order chi connectivity index (χ0) is 92.3. The van der Waals surface area contributed by atoms with E-state index in [9.17, 15) is 82.4 Å². The molecule has 13 amide bonds. The third-order valence-corrected chi connectivity index (χ3v) is 19.4. The largest absolute Gasteiger partial charge is 0.508 e. The first-order chi connectivity index (χ1) is 57.9. The van der Waals surface area contributed by atoms with Crippen molar-refractivity contribution in [1.82, 2.24) is 89.7 Å². The first kappa shape index (κ1) is 105. The summed E-state index contributed by atoms with van der Waals surface area (Å²) in [6, 6.07) is -5.28. The number of phenolic OH excluding ortho intramolecular Hbond substituents is 1. The molecule has 2 aromatic carbocycles. The van der Waals surface area contributed by atoms with Crippen LogP contribution < -0.4 is 103 Å². The van der Waals surface area contributed by atoms with E-state index in [-0.39, 0.29) is 151 Å². The minimum atomic E-state index is -1.54. The molecule has 0 aliphatic carbocycles. The van der Waals surface area contributed by atoms with E-state index in [1.165, 1.54) is 50.6 Å². The Morgan fingerprint density at radius 1 is 0.398 bits per heavy atom. The molecule has 14 atom stereocenters. The van der Waals surface area contributed by atoms with Gasteiger partial charge in [0.25, 0.3) is 0 Å². The molecule has 0 saturated heterocycles. The fourth-order valence-corrected chi connectivity index (χ4v) is 12.9. The van der Waals surface area contributed by atoms with Crippen LogP contribution in [0.15, 0.2) is 67.1 Å². The molecule has 0 aliphatic rings. The molecular weight excluding hydrogens is 1600 g/mol. The summed E-state index contributed by atoms with van der Waals surface area (Å²) < 4.78 is 0. The smallest absolute Gasteiger partial charge is 0.326 e. The van der Waals surface area contributed by atoms with Crippen LogP contribution in [-0.2, 0) is 91.2 Å². The van der Waals surface area contributed by atoms with Gasteiger partial charge in [-0.25, -0.2) is 9.78 Å². The van der Waals surface area contributed by atoms with E-state index in [0.29, 0.717) is 23.2 Å². The van der Waals surface area contributed by atoms with E-state index in [1.807, 2.05) is 0 Å². The van der Waals surface area contributed by atoms with Crippen molar-refractivity contribution in [3.8, 4) is 5.75 Å². The number of aromatic nitrogens is 2. The van der Waals surface area contributed by atoms with Crippen molar-refractivity contribution in [2.75, 3.05) is 19.6 Å². The first-order valence-corrected chi connectivity index (χ1v) is 41.7. The number of imidazole rings is 1. The zero-order valence-corrected chi connectivity index (χ0v) is 72.5. The van der Waals surface area contributed by atoms with Crippen LogP contribution >= 0.6 is 0 Å². The normalized spacial score (nSPS) is 14.7. The number of aliphatic carboxylic acids is 2. The highest BCUT2D eigenvalue weighted by Gasteiger charge is 2.39. The van der Waals surface area contributed by atoms with E-state index >= 15 is 4.79 Å². The minimum absolute atomic E-state index is 0.00785. The number of hydrogen-bond donors (Lipinski definition) is 25. The van der Waals surface area contributed by atoms with Crippen molar-refractivity contribution in [2.45, 2.75) is 270 Å². The summed E-state index contributed by atoms with van der Waals surface area (Å²) in [5.74, 6) is -16.5. The molecular formula is C82H133N23O18. The number of H-pyrrole nitrogens is 1. The first-order valence-electron chi connectivity index (χ1n) is 41.7. The monoisotopic (exact) mass is 1730 g/mol. The van der Waals surface area contributed by atoms with Gasteiger partial charge < -0.3 is 123 Å². The number of unbranched alkanes of at least 4 members (excludes halogenated alkanes) is 1. The molecule has 3 rings (SSSR count). The third kappa shape index (κ3) is 40.9. The summed E-state index contributed by atoms with van der Waals surface area (Å²) in [6.45, 7) is 20.5. The fraction of sp³-hybridized carbons (Fsp3) is 0.610. The van der Waals surface area contributed by atoms with Crippen LogP contribution in [-0.4, -0.2) is 230 Å². The van der Waals surface area contributed by atoms with Crippen LogP contribution in [0.25, 0.3) is 0 Å². The Morgan fingerprint density at radius 3 is 1.14 bits per heavy atom. The Hall–Kier alpha value is -12.0. The summed E-state index contributed by atoms with van der Waals surface area (Å²) in [7, 11) is 0. The number of hydrogen-bond acceptors (Lipinski definition) is 21. The molecule has 0 spiro atoms. The number of benzene rings is 2. The number of guanidine groups is 2. The van der Waals surface area contributed by atoms with Gasteiger partial charge >= 0.3 is 11.9 Å². The maximum absolute atomic E-state index is 15.1. The van der Waals surface area contributed by atoms with Gasteiger partial charge in [0.1, 0.15) is 84.3 Å². The van der Waals surface area contributed by atoms with Gasteiger partial charge in [-0.05, 0) is 150 Å². The Kier molecular flexibility index (Phi) is 46.5. The molecule has 0 radical (unpaired) electrons. The van der Waals surface area contributed by atoms with Crippen molar-refractivity contribution < 1.29 is 87.2 Å². The Balaban J connectivity index is 2.02. The number of carboxylic acids is 2. The van der Waals surface area contributed by atoms with Crippen molar-refractivity contribution in [1.29, 1.82) is 10.8 Å². The van der Waals surface area contributed by atoms with E-state index in [0.717, 1.165) is 0 Å². The highest BCUT2D eigenvalue weighted by molar-refractivity contribution is 6.00. The summed E-state index contributed by atoms with van der Waals surface area (Å²) >= 11 is 0. The summed E-state index contributed by atoms with van der Waals surface area (Å²) in [6.07, 6.45) is 1.83. The number of aromatic amines is 1. The highest BCUT2D eigenvalue weighted by atomic mass is 16.4. The lowest BCUT2D eigenvalue weighted by Gasteiger charge is -2.30. The third-order valence-electron chi connectivity index (χ3n) is 19.4. The lowest BCUT2D eigenvalue weighted by Crippen LogP contribution is -2.62.